The molecular weight excluding hydrogens is 294 g/mol. The van der Waals surface area contributed by atoms with E-state index in [9.17, 15) is 4.79 Å². The zero-order chi connectivity index (χ0) is 17.5. The second kappa shape index (κ2) is 14.3. The first-order chi connectivity index (χ1) is 11.0. The SMILES string of the molecule is CCNC(=NCCCC(=O)OCC)NCCC(OCC)C(C)C. The van der Waals surface area contributed by atoms with Crippen LogP contribution in [0, 0.1) is 5.92 Å². The van der Waals surface area contributed by atoms with Crippen molar-refractivity contribution in [2.24, 2.45) is 10.9 Å². The molecule has 23 heavy (non-hydrogen) atoms. The first kappa shape index (κ1) is 21.7. The number of carbonyl (C=O) groups excluding carboxylic acids is 1. The van der Waals surface area contributed by atoms with Gasteiger partial charge in [0, 0.05) is 32.7 Å². The van der Waals surface area contributed by atoms with E-state index in [2.05, 4.69) is 29.5 Å². The number of hydrogen-bond donors (Lipinski definition) is 2. The van der Waals surface area contributed by atoms with Gasteiger partial charge < -0.3 is 20.1 Å². The smallest absolute Gasteiger partial charge is 0.305 e. The van der Waals surface area contributed by atoms with Crippen LogP contribution in [0.1, 0.15) is 53.9 Å². The molecule has 0 aromatic carbocycles. The predicted octanol–water partition coefficient (Wildman–Crippen LogP) is 2.34. The average Bonchev–Trinajstić information content (AvgIpc) is 2.50. The molecule has 0 fully saturated rings. The molecule has 136 valence electrons. The van der Waals surface area contributed by atoms with Crippen molar-refractivity contribution in [1.82, 2.24) is 10.6 Å². The Hall–Kier alpha value is -1.30. The number of esters is 1. The lowest BCUT2D eigenvalue weighted by Gasteiger charge is -2.21. The average molecular weight is 329 g/mol. The van der Waals surface area contributed by atoms with Crippen LogP contribution in [0.3, 0.4) is 0 Å². The molecule has 0 saturated heterocycles. The largest absolute Gasteiger partial charge is 0.466 e. The van der Waals surface area contributed by atoms with Gasteiger partial charge in [0.2, 0.25) is 0 Å². The number of nitrogens with one attached hydrogen (secondary N) is 2. The van der Waals surface area contributed by atoms with Crippen LogP contribution >= 0.6 is 0 Å². The van der Waals surface area contributed by atoms with Gasteiger partial charge in [0.05, 0.1) is 12.7 Å². The van der Waals surface area contributed by atoms with Gasteiger partial charge in [0.1, 0.15) is 0 Å². The van der Waals surface area contributed by atoms with E-state index in [0.717, 1.165) is 32.1 Å². The monoisotopic (exact) mass is 329 g/mol. The fourth-order valence-electron chi connectivity index (χ4n) is 2.15. The van der Waals surface area contributed by atoms with E-state index in [1.165, 1.54) is 0 Å². The highest BCUT2D eigenvalue weighted by molar-refractivity contribution is 5.79. The Morgan fingerprint density at radius 2 is 1.87 bits per heavy atom. The summed E-state index contributed by atoms with van der Waals surface area (Å²) in [6, 6.07) is 0. The third-order valence-electron chi connectivity index (χ3n) is 3.30. The molecule has 6 heteroatoms. The van der Waals surface area contributed by atoms with Crippen LogP contribution in [-0.4, -0.2) is 50.9 Å². The highest BCUT2D eigenvalue weighted by Gasteiger charge is 2.12. The molecular formula is C17H35N3O3. The predicted molar refractivity (Wildman–Crippen MR) is 94.7 cm³/mol. The maximum atomic E-state index is 11.3. The van der Waals surface area contributed by atoms with Crippen molar-refractivity contribution in [3.63, 3.8) is 0 Å². The summed E-state index contributed by atoms with van der Waals surface area (Å²) in [5.74, 6) is 1.13. The van der Waals surface area contributed by atoms with Crippen molar-refractivity contribution in [3.05, 3.63) is 0 Å². The quantitative estimate of drug-likeness (QED) is 0.249. The second-order valence-electron chi connectivity index (χ2n) is 5.62. The lowest BCUT2D eigenvalue weighted by Crippen LogP contribution is -2.39. The Morgan fingerprint density at radius 3 is 2.43 bits per heavy atom. The zero-order valence-electron chi connectivity index (χ0n) is 15.5. The molecule has 0 aliphatic carbocycles. The summed E-state index contributed by atoms with van der Waals surface area (Å²) in [4.78, 5) is 15.7. The summed E-state index contributed by atoms with van der Waals surface area (Å²) in [6.45, 7) is 13.6. The van der Waals surface area contributed by atoms with E-state index in [-0.39, 0.29) is 12.1 Å². The second-order valence-corrected chi connectivity index (χ2v) is 5.62. The van der Waals surface area contributed by atoms with Crippen molar-refractivity contribution in [2.75, 3.05) is 32.8 Å². The Kier molecular flexibility index (Phi) is 13.5. The highest BCUT2D eigenvalue weighted by Crippen LogP contribution is 2.09. The number of carbonyl (C=O) groups is 1. The molecule has 0 aromatic rings. The molecule has 1 atom stereocenters. The van der Waals surface area contributed by atoms with Crippen molar-refractivity contribution < 1.29 is 14.3 Å². The van der Waals surface area contributed by atoms with Gasteiger partial charge in [0.15, 0.2) is 5.96 Å². The Bertz CT molecular complexity index is 333. The molecule has 0 spiro atoms. The van der Waals surface area contributed by atoms with Crippen LogP contribution in [0.5, 0.6) is 0 Å². The molecule has 0 aromatic heterocycles. The summed E-state index contributed by atoms with van der Waals surface area (Å²) in [5.41, 5.74) is 0. The van der Waals surface area contributed by atoms with E-state index >= 15 is 0 Å². The molecule has 0 heterocycles. The maximum absolute atomic E-state index is 11.3. The van der Waals surface area contributed by atoms with Crippen molar-refractivity contribution in [3.8, 4) is 0 Å². The van der Waals surface area contributed by atoms with Crippen molar-refractivity contribution in [1.29, 1.82) is 0 Å². The standard InChI is InChI=1S/C17H35N3O3/c1-6-18-17(19-12-9-10-16(21)23-8-3)20-13-11-15(14(4)5)22-7-2/h14-15H,6-13H2,1-5H3,(H2,18,19,20). The molecule has 0 aliphatic heterocycles. The summed E-state index contributed by atoms with van der Waals surface area (Å²) in [6.07, 6.45) is 2.32. The van der Waals surface area contributed by atoms with Crippen molar-refractivity contribution in [2.45, 2.75) is 60.0 Å². The Labute approximate surface area is 141 Å². The third-order valence-corrected chi connectivity index (χ3v) is 3.30. The molecule has 0 radical (unpaired) electrons. The summed E-state index contributed by atoms with van der Waals surface area (Å²) < 4.78 is 10.6. The minimum absolute atomic E-state index is 0.155. The topological polar surface area (TPSA) is 72.0 Å². The van der Waals surface area contributed by atoms with Gasteiger partial charge in [-0.2, -0.15) is 0 Å². The molecule has 0 saturated carbocycles. The van der Waals surface area contributed by atoms with Gasteiger partial charge in [-0.25, -0.2) is 0 Å². The van der Waals surface area contributed by atoms with Gasteiger partial charge in [-0.1, -0.05) is 13.8 Å². The Balaban J connectivity index is 4.13. The van der Waals surface area contributed by atoms with Crippen LogP contribution in [0.2, 0.25) is 0 Å². The minimum Gasteiger partial charge on any atom is -0.466 e. The van der Waals surface area contributed by atoms with Gasteiger partial charge in [-0.3, -0.25) is 9.79 Å². The number of rotatable bonds is 12. The first-order valence-electron chi connectivity index (χ1n) is 8.84. The molecule has 2 N–H and O–H groups in total. The molecule has 0 amide bonds. The van der Waals surface area contributed by atoms with Crippen LogP contribution in [0.25, 0.3) is 0 Å². The van der Waals surface area contributed by atoms with E-state index in [0.29, 0.717) is 31.9 Å². The van der Waals surface area contributed by atoms with Crippen LogP contribution < -0.4 is 10.6 Å². The number of ether oxygens (including phenoxy) is 2. The fraction of sp³-hybridized carbons (Fsp3) is 0.882. The number of guanidine groups is 1. The first-order valence-corrected chi connectivity index (χ1v) is 8.84. The molecule has 0 aliphatic rings. The van der Waals surface area contributed by atoms with Crippen molar-refractivity contribution >= 4 is 11.9 Å². The lowest BCUT2D eigenvalue weighted by molar-refractivity contribution is -0.143. The van der Waals surface area contributed by atoms with Crippen LogP contribution in [0.4, 0.5) is 0 Å². The van der Waals surface area contributed by atoms with E-state index in [1.54, 1.807) is 0 Å². The van der Waals surface area contributed by atoms with E-state index in [1.807, 2.05) is 20.8 Å². The summed E-state index contributed by atoms with van der Waals surface area (Å²) in [7, 11) is 0. The van der Waals surface area contributed by atoms with Crippen LogP contribution in [0.15, 0.2) is 4.99 Å². The van der Waals surface area contributed by atoms with Gasteiger partial charge in [0.25, 0.3) is 0 Å². The molecule has 0 rings (SSSR count). The molecule has 0 bridgehead atoms. The molecule has 1 unspecified atom stereocenters. The highest BCUT2D eigenvalue weighted by atomic mass is 16.5. The summed E-state index contributed by atoms with van der Waals surface area (Å²) in [5, 5.41) is 6.53. The molecule has 6 nitrogen and oxygen atoms in total. The minimum atomic E-state index is -0.155. The van der Waals surface area contributed by atoms with Crippen LogP contribution in [-0.2, 0) is 14.3 Å². The number of hydrogen-bond acceptors (Lipinski definition) is 4. The lowest BCUT2D eigenvalue weighted by atomic mass is 10.0. The fourth-order valence-corrected chi connectivity index (χ4v) is 2.15. The maximum Gasteiger partial charge on any atom is 0.305 e. The third kappa shape index (κ3) is 11.9. The summed E-state index contributed by atoms with van der Waals surface area (Å²) >= 11 is 0. The number of aliphatic imine (C=N–C) groups is 1. The zero-order valence-corrected chi connectivity index (χ0v) is 15.5. The number of nitrogens with zero attached hydrogens (tertiary/aromatic N) is 1. The van der Waals surface area contributed by atoms with Gasteiger partial charge in [-0.15, -0.1) is 0 Å². The van der Waals surface area contributed by atoms with E-state index in [4.69, 9.17) is 9.47 Å². The Morgan fingerprint density at radius 1 is 1.13 bits per heavy atom. The van der Waals surface area contributed by atoms with Gasteiger partial charge in [-0.05, 0) is 39.5 Å². The van der Waals surface area contributed by atoms with Gasteiger partial charge >= 0.3 is 5.97 Å². The van der Waals surface area contributed by atoms with E-state index < -0.39 is 0 Å². The normalized spacial score (nSPS) is 13.0.